The Morgan fingerprint density at radius 1 is 1.43 bits per heavy atom. The molecule has 1 aromatic rings. The highest BCUT2D eigenvalue weighted by molar-refractivity contribution is 7.89. The topological polar surface area (TPSA) is 92.5 Å². The molecule has 130 valence electrons. The van der Waals surface area contributed by atoms with Gasteiger partial charge in [0.15, 0.2) is 0 Å². The van der Waals surface area contributed by atoms with Crippen LogP contribution >= 0.6 is 12.4 Å². The molecule has 1 unspecified atom stereocenters. The molecule has 1 aliphatic carbocycles. The van der Waals surface area contributed by atoms with Gasteiger partial charge in [-0.25, -0.2) is 13.1 Å². The summed E-state index contributed by atoms with van der Waals surface area (Å²) in [5.74, 6) is 0.216. The van der Waals surface area contributed by atoms with Gasteiger partial charge in [-0.3, -0.25) is 4.79 Å². The number of sulfonamides is 1. The second-order valence-electron chi connectivity index (χ2n) is 5.82. The third kappa shape index (κ3) is 5.17. The van der Waals surface area contributed by atoms with Crippen molar-refractivity contribution in [1.82, 2.24) is 9.62 Å². The number of benzene rings is 1. The normalized spacial score (nSPS) is 15.6. The Balaban J connectivity index is 0.00000264. The zero-order chi connectivity index (χ0) is 16.3. The van der Waals surface area contributed by atoms with Crippen molar-refractivity contribution in [3.63, 3.8) is 0 Å². The second-order valence-corrected chi connectivity index (χ2v) is 7.59. The van der Waals surface area contributed by atoms with Crippen LogP contribution in [0.2, 0.25) is 0 Å². The summed E-state index contributed by atoms with van der Waals surface area (Å²) in [7, 11) is -1.91. The number of hydrogen-bond donors (Lipinski definition) is 2. The summed E-state index contributed by atoms with van der Waals surface area (Å²) in [6, 6.07) is 6.00. The first-order valence-corrected chi connectivity index (χ1v) is 8.90. The van der Waals surface area contributed by atoms with Crippen molar-refractivity contribution in [2.45, 2.75) is 30.7 Å². The molecule has 1 atom stereocenters. The zero-order valence-electron chi connectivity index (χ0n) is 13.4. The van der Waals surface area contributed by atoms with Crippen molar-refractivity contribution in [2.24, 2.45) is 11.7 Å². The van der Waals surface area contributed by atoms with Crippen LogP contribution in [0.5, 0.6) is 0 Å². The maximum absolute atomic E-state index is 12.4. The molecule has 1 aliphatic rings. The highest BCUT2D eigenvalue weighted by Gasteiger charge is 2.25. The molecule has 1 saturated carbocycles. The minimum Gasteiger partial charge on any atom is -0.338 e. The third-order valence-electron chi connectivity index (χ3n) is 3.97. The lowest BCUT2D eigenvalue weighted by molar-refractivity contribution is 0.0748. The van der Waals surface area contributed by atoms with E-state index in [4.69, 9.17) is 5.73 Å². The molecular formula is C15H24ClN3O3S. The van der Waals surface area contributed by atoms with Gasteiger partial charge < -0.3 is 10.6 Å². The Labute approximate surface area is 143 Å². The first-order valence-electron chi connectivity index (χ1n) is 7.42. The van der Waals surface area contributed by atoms with Crippen molar-refractivity contribution in [3.8, 4) is 0 Å². The SMILES string of the molecule is CC(CN)N(C)C(=O)c1cccc(S(=O)(=O)NCC2CC2)c1.Cl. The van der Waals surface area contributed by atoms with E-state index in [-0.39, 0.29) is 29.3 Å². The molecular weight excluding hydrogens is 338 g/mol. The Morgan fingerprint density at radius 3 is 2.65 bits per heavy atom. The summed E-state index contributed by atoms with van der Waals surface area (Å²) in [5, 5.41) is 0. The van der Waals surface area contributed by atoms with Crippen LogP contribution in [0.15, 0.2) is 29.2 Å². The number of likely N-dealkylation sites (N-methyl/N-ethyl adjacent to an activating group) is 1. The Hall–Kier alpha value is -1.15. The Bertz CT molecular complexity index is 647. The fourth-order valence-corrected chi connectivity index (χ4v) is 3.15. The molecule has 1 amide bonds. The van der Waals surface area contributed by atoms with Gasteiger partial charge >= 0.3 is 0 Å². The monoisotopic (exact) mass is 361 g/mol. The van der Waals surface area contributed by atoms with Crippen LogP contribution in [0.4, 0.5) is 0 Å². The molecule has 23 heavy (non-hydrogen) atoms. The number of halogens is 1. The molecule has 0 saturated heterocycles. The maximum atomic E-state index is 12.4. The maximum Gasteiger partial charge on any atom is 0.253 e. The van der Waals surface area contributed by atoms with E-state index in [1.807, 2.05) is 6.92 Å². The van der Waals surface area contributed by atoms with Crippen LogP contribution in [-0.2, 0) is 10.0 Å². The van der Waals surface area contributed by atoms with Crippen LogP contribution in [-0.4, -0.2) is 45.4 Å². The average molecular weight is 362 g/mol. The standard InChI is InChI=1S/C15H23N3O3S.ClH/c1-11(9-16)18(2)15(19)13-4-3-5-14(8-13)22(20,21)17-10-12-6-7-12;/h3-5,8,11-12,17H,6-7,9-10,16H2,1-2H3;1H. The lowest BCUT2D eigenvalue weighted by atomic mass is 10.2. The van der Waals surface area contributed by atoms with Crippen molar-refractivity contribution in [3.05, 3.63) is 29.8 Å². The van der Waals surface area contributed by atoms with Gasteiger partial charge in [0.2, 0.25) is 10.0 Å². The smallest absolute Gasteiger partial charge is 0.253 e. The highest BCUT2D eigenvalue weighted by Crippen LogP contribution is 2.28. The summed E-state index contributed by atoms with van der Waals surface area (Å²) in [5.41, 5.74) is 5.91. The first kappa shape index (κ1) is 19.9. The van der Waals surface area contributed by atoms with Crippen LogP contribution in [0, 0.1) is 5.92 Å². The number of amides is 1. The van der Waals surface area contributed by atoms with Crippen molar-refractivity contribution in [1.29, 1.82) is 0 Å². The molecule has 3 N–H and O–H groups in total. The van der Waals surface area contributed by atoms with Crippen molar-refractivity contribution < 1.29 is 13.2 Å². The summed E-state index contributed by atoms with van der Waals surface area (Å²) in [6.45, 7) is 2.66. The quantitative estimate of drug-likeness (QED) is 0.763. The predicted octanol–water partition coefficient (Wildman–Crippen LogP) is 1.22. The predicted molar refractivity (Wildman–Crippen MR) is 92.2 cm³/mol. The molecule has 0 heterocycles. The number of nitrogens with two attached hydrogens (primary N) is 1. The average Bonchev–Trinajstić information content (AvgIpc) is 3.35. The van der Waals surface area contributed by atoms with E-state index in [1.165, 1.54) is 17.0 Å². The number of rotatable bonds is 7. The number of nitrogens with one attached hydrogen (secondary N) is 1. The molecule has 1 aromatic carbocycles. The Morgan fingerprint density at radius 2 is 2.09 bits per heavy atom. The fourth-order valence-electron chi connectivity index (χ4n) is 1.99. The van der Waals surface area contributed by atoms with E-state index in [1.54, 1.807) is 19.2 Å². The third-order valence-corrected chi connectivity index (χ3v) is 5.39. The highest BCUT2D eigenvalue weighted by atomic mass is 35.5. The van der Waals surface area contributed by atoms with Gasteiger partial charge in [0.1, 0.15) is 0 Å². The van der Waals surface area contributed by atoms with E-state index in [0.29, 0.717) is 24.6 Å². The van der Waals surface area contributed by atoms with Crippen LogP contribution in [0.3, 0.4) is 0 Å². The molecule has 6 nitrogen and oxygen atoms in total. The molecule has 0 aromatic heterocycles. The molecule has 8 heteroatoms. The molecule has 0 radical (unpaired) electrons. The zero-order valence-corrected chi connectivity index (χ0v) is 15.0. The van der Waals surface area contributed by atoms with Crippen LogP contribution in [0.25, 0.3) is 0 Å². The lowest BCUT2D eigenvalue weighted by Gasteiger charge is -2.23. The number of carbonyl (C=O) groups is 1. The summed E-state index contributed by atoms with van der Waals surface area (Å²) in [4.78, 5) is 14.0. The summed E-state index contributed by atoms with van der Waals surface area (Å²) < 4.78 is 27.1. The molecule has 0 bridgehead atoms. The number of carbonyl (C=O) groups excluding carboxylic acids is 1. The van der Waals surface area contributed by atoms with E-state index in [2.05, 4.69) is 4.72 Å². The van der Waals surface area contributed by atoms with Gasteiger partial charge in [-0.1, -0.05) is 6.07 Å². The number of nitrogens with zero attached hydrogens (tertiary/aromatic N) is 1. The van der Waals surface area contributed by atoms with Crippen molar-refractivity contribution >= 4 is 28.3 Å². The van der Waals surface area contributed by atoms with Gasteiger partial charge in [-0.05, 0) is 43.9 Å². The summed E-state index contributed by atoms with van der Waals surface area (Å²) >= 11 is 0. The van der Waals surface area contributed by atoms with E-state index in [9.17, 15) is 13.2 Å². The van der Waals surface area contributed by atoms with Gasteiger partial charge in [-0.2, -0.15) is 0 Å². The first-order chi connectivity index (χ1) is 10.3. The molecule has 0 aliphatic heterocycles. The molecule has 0 spiro atoms. The van der Waals surface area contributed by atoms with Crippen molar-refractivity contribution in [2.75, 3.05) is 20.1 Å². The van der Waals surface area contributed by atoms with Gasteiger partial charge in [0.05, 0.1) is 4.90 Å². The Kier molecular flexibility index (Phi) is 7.01. The van der Waals surface area contributed by atoms with Crippen LogP contribution < -0.4 is 10.5 Å². The minimum atomic E-state index is -3.57. The second kappa shape index (κ2) is 8.10. The molecule has 1 fully saturated rings. The number of hydrogen-bond acceptors (Lipinski definition) is 4. The minimum absolute atomic E-state index is 0. The van der Waals surface area contributed by atoms with E-state index >= 15 is 0 Å². The van der Waals surface area contributed by atoms with E-state index in [0.717, 1.165) is 12.8 Å². The molecule has 2 rings (SSSR count). The lowest BCUT2D eigenvalue weighted by Crippen LogP contribution is -2.39. The van der Waals surface area contributed by atoms with Crippen LogP contribution in [0.1, 0.15) is 30.1 Å². The van der Waals surface area contributed by atoms with E-state index < -0.39 is 10.0 Å². The largest absolute Gasteiger partial charge is 0.338 e. The fraction of sp³-hybridized carbons (Fsp3) is 0.533. The van der Waals surface area contributed by atoms with Gasteiger partial charge in [0.25, 0.3) is 5.91 Å². The van der Waals surface area contributed by atoms with Gasteiger partial charge in [-0.15, -0.1) is 12.4 Å². The van der Waals surface area contributed by atoms with Gasteiger partial charge in [0, 0.05) is 31.7 Å². The summed E-state index contributed by atoms with van der Waals surface area (Å²) in [6.07, 6.45) is 2.14.